The molecule has 0 aliphatic rings. The Hall–Kier alpha value is -3.42. The highest BCUT2D eigenvalue weighted by molar-refractivity contribution is 5.66. The van der Waals surface area contributed by atoms with Gasteiger partial charge < -0.3 is 9.75 Å². The molecule has 5 N–H and O–H groups in total. The predicted molar refractivity (Wildman–Crippen MR) is 125 cm³/mol. The van der Waals surface area contributed by atoms with Gasteiger partial charge in [0.05, 0.1) is 11.4 Å². The highest BCUT2D eigenvalue weighted by Crippen LogP contribution is 2.31. The van der Waals surface area contributed by atoms with E-state index in [1.54, 1.807) is 10.4 Å². The number of nitrogens with two attached hydrogens (primary N) is 2. The highest BCUT2D eigenvalue weighted by Gasteiger charge is 2.12. The molecule has 0 fully saturated rings. The lowest BCUT2D eigenvalue weighted by molar-refractivity contribution is -0.109. The van der Waals surface area contributed by atoms with Crippen LogP contribution < -0.4 is 26.9 Å². The molecule has 1 amide bonds. The first-order valence-electron chi connectivity index (χ1n) is 9.92. The molecule has 0 saturated carbocycles. The van der Waals surface area contributed by atoms with E-state index < -0.39 is 0 Å². The molecule has 0 bridgehead atoms. The third-order valence-electron chi connectivity index (χ3n) is 4.91. The number of hydrogen-bond donors (Lipinski definition) is 3. The van der Waals surface area contributed by atoms with E-state index in [1.165, 1.54) is 5.56 Å². The lowest BCUT2D eigenvalue weighted by Crippen LogP contribution is -2.26. The molecule has 0 unspecified atom stereocenters. The van der Waals surface area contributed by atoms with Gasteiger partial charge in [0, 0.05) is 24.4 Å². The Labute approximate surface area is 184 Å². The summed E-state index contributed by atoms with van der Waals surface area (Å²) in [5.41, 5.74) is 10.5. The van der Waals surface area contributed by atoms with Gasteiger partial charge in [0.2, 0.25) is 6.41 Å². The van der Waals surface area contributed by atoms with E-state index in [-0.39, 0.29) is 0 Å². The van der Waals surface area contributed by atoms with Crippen LogP contribution in [0, 0.1) is 27.7 Å². The molecule has 7 nitrogen and oxygen atoms in total. The maximum atomic E-state index is 8.94. The maximum absolute atomic E-state index is 8.94. The van der Waals surface area contributed by atoms with Crippen LogP contribution >= 0.6 is 0 Å². The van der Waals surface area contributed by atoms with Crippen LogP contribution in [0.15, 0.2) is 48.7 Å². The summed E-state index contributed by atoms with van der Waals surface area (Å²) in [5, 5.41) is 1.63. The molecule has 1 heterocycles. The van der Waals surface area contributed by atoms with Crippen molar-refractivity contribution < 1.29 is 9.53 Å². The van der Waals surface area contributed by atoms with Crippen LogP contribution in [0.4, 0.5) is 5.69 Å². The molecule has 7 heteroatoms. The number of anilines is 1. The number of benzene rings is 2. The Kier molecular flexibility index (Phi) is 8.54. The third kappa shape index (κ3) is 6.28. The summed E-state index contributed by atoms with van der Waals surface area (Å²) in [6.07, 6.45) is 2.30. The van der Waals surface area contributed by atoms with Crippen LogP contribution in [0.1, 0.15) is 27.8 Å². The van der Waals surface area contributed by atoms with E-state index in [0.717, 1.165) is 44.9 Å². The van der Waals surface area contributed by atoms with E-state index in [2.05, 4.69) is 61.9 Å². The average Bonchev–Trinajstić information content (AvgIpc) is 2.75. The summed E-state index contributed by atoms with van der Waals surface area (Å²) in [4.78, 5) is 13.5. The Morgan fingerprint density at radius 1 is 1.06 bits per heavy atom. The van der Waals surface area contributed by atoms with Gasteiger partial charge in [0.25, 0.3) is 0 Å². The molecular weight excluding hydrogens is 390 g/mol. The Morgan fingerprint density at radius 3 is 2.35 bits per heavy atom. The van der Waals surface area contributed by atoms with Crippen LogP contribution in [-0.4, -0.2) is 18.4 Å². The molecular formula is C24H31N5O2. The van der Waals surface area contributed by atoms with Crippen LogP contribution in [0.3, 0.4) is 0 Å². The number of nitrogens with one attached hydrogen (secondary N) is 1. The van der Waals surface area contributed by atoms with Crippen LogP contribution in [0.25, 0.3) is 11.3 Å². The second-order valence-electron chi connectivity index (χ2n) is 7.41. The quantitative estimate of drug-likeness (QED) is 0.243. The first-order valence-corrected chi connectivity index (χ1v) is 9.92. The van der Waals surface area contributed by atoms with Crippen LogP contribution in [0.5, 0.6) is 5.75 Å². The fourth-order valence-corrected chi connectivity index (χ4v) is 3.20. The van der Waals surface area contributed by atoms with Crippen LogP contribution in [-0.2, 0) is 11.4 Å². The number of nitrogens with zero attached hydrogens (tertiary/aromatic N) is 2. The minimum Gasteiger partial charge on any atom is -0.489 e. The summed E-state index contributed by atoms with van der Waals surface area (Å²) in [7, 11) is 1.84. The highest BCUT2D eigenvalue weighted by atomic mass is 16.5. The number of aryl methyl sites for hydroxylation is 4. The lowest BCUT2D eigenvalue weighted by Gasteiger charge is -2.20. The Balaban J connectivity index is 0.000000785. The number of ether oxygens (including phenoxy) is 1. The van der Waals surface area contributed by atoms with Crippen molar-refractivity contribution in [2.45, 2.75) is 34.3 Å². The second-order valence-corrected chi connectivity index (χ2v) is 7.41. The number of hydrazine groups is 2. The Morgan fingerprint density at radius 2 is 1.77 bits per heavy atom. The molecule has 0 aliphatic carbocycles. The van der Waals surface area contributed by atoms with E-state index >= 15 is 0 Å². The average molecular weight is 422 g/mol. The molecule has 31 heavy (non-hydrogen) atoms. The minimum absolute atomic E-state index is 0.403. The van der Waals surface area contributed by atoms with Gasteiger partial charge >= 0.3 is 0 Å². The normalized spacial score (nSPS) is 10.0. The third-order valence-corrected chi connectivity index (χ3v) is 4.91. The van der Waals surface area contributed by atoms with Gasteiger partial charge in [-0.25, -0.2) is 11.7 Å². The number of pyridine rings is 1. The molecule has 0 radical (unpaired) electrons. The summed E-state index contributed by atoms with van der Waals surface area (Å²) >= 11 is 0. The first-order chi connectivity index (χ1) is 14.8. The van der Waals surface area contributed by atoms with Gasteiger partial charge in [-0.05, 0) is 74.2 Å². The van der Waals surface area contributed by atoms with E-state index in [1.807, 2.05) is 32.3 Å². The summed E-state index contributed by atoms with van der Waals surface area (Å²) in [5.74, 6) is 11.3. The van der Waals surface area contributed by atoms with Crippen molar-refractivity contribution in [1.29, 1.82) is 0 Å². The van der Waals surface area contributed by atoms with E-state index in [0.29, 0.717) is 13.0 Å². The number of aromatic nitrogens is 1. The van der Waals surface area contributed by atoms with Crippen molar-refractivity contribution in [3.05, 3.63) is 76.5 Å². The van der Waals surface area contributed by atoms with Gasteiger partial charge in [-0.2, -0.15) is 0 Å². The van der Waals surface area contributed by atoms with Gasteiger partial charge in [-0.3, -0.25) is 15.2 Å². The monoisotopic (exact) mass is 421 g/mol. The largest absolute Gasteiger partial charge is 0.489 e. The van der Waals surface area contributed by atoms with Crippen molar-refractivity contribution in [1.82, 2.24) is 10.4 Å². The Bertz CT molecular complexity index is 1020. The fraction of sp³-hybridized carbons (Fsp3) is 0.250. The minimum atomic E-state index is 0.403. The molecule has 0 saturated heterocycles. The maximum Gasteiger partial charge on any atom is 0.221 e. The molecule has 3 rings (SSSR count). The molecule has 3 aromatic rings. The van der Waals surface area contributed by atoms with Crippen molar-refractivity contribution in [3.8, 4) is 17.0 Å². The zero-order valence-corrected chi connectivity index (χ0v) is 18.8. The van der Waals surface area contributed by atoms with Crippen molar-refractivity contribution in [2.24, 2.45) is 11.7 Å². The van der Waals surface area contributed by atoms with Crippen molar-refractivity contribution in [3.63, 3.8) is 0 Å². The molecule has 164 valence electrons. The van der Waals surface area contributed by atoms with Crippen molar-refractivity contribution in [2.75, 3.05) is 12.1 Å². The number of rotatable bonds is 6. The summed E-state index contributed by atoms with van der Waals surface area (Å²) in [6.45, 7) is 8.77. The number of hydrogen-bond acceptors (Lipinski definition) is 6. The zero-order valence-electron chi connectivity index (χ0n) is 18.8. The zero-order chi connectivity index (χ0) is 23.0. The number of amides is 1. The summed E-state index contributed by atoms with van der Waals surface area (Å²) < 4.78 is 6.18. The first kappa shape index (κ1) is 23.9. The van der Waals surface area contributed by atoms with E-state index in [4.69, 9.17) is 15.4 Å². The number of carbonyl (C=O) groups excluding carboxylic acids is 1. The van der Waals surface area contributed by atoms with Gasteiger partial charge in [0.15, 0.2) is 0 Å². The fourth-order valence-electron chi connectivity index (χ4n) is 3.20. The molecule has 0 spiro atoms. The van der Waals surface area contributed by atoms with E-state index in [9.17, 15) is 0 Å². The van der Waals surface area contributed by atoms with Gasteiger partial charge in [0.1, 0.15) is 12.4 Å². The number of carbonyl (C=O) groups is 1. The van der Waals surface area contributed by atoms with Crippen molar-refractivity contribution >= 4 is 12.1 Å². The lowest BCUT2D eigenvalue weighted by atomic mass is 10.0. The molecule has 2 aromatic carbocycles. The molecule has 1 aromatic heterocycles. The molecule has 0 atom stereocenters. The topological polar surface area (TPSA) is 106 Å². The molecule has 0 aliphatic heterocycles. The van der Waals surface area contributed by atoms with Gasteiger partial charge in [-0.15, -0.1) is 0 Å². The summed E-state index contributed by atoms with van der Waals surface area (Å²) in [6, 6.07) is 14.5. The predicted octanol–water partition coefficient (Wildman–Crippen LogP) is 3.48. The SMILES string of the molecule is Cc1ccc(-c2cc(C)c(OCc3c(C)cccc3N(C)N)cc2C)nc1.NNC=O. The standard InChI is InChI=1S/C23H27N3O.CH4N2O/c1-15-9-10-21(25-13-15)19-11-18(4)23(12-17(19)3)27-14-20-16(2)7-6-8-22(20)26(5)24;2-3-1-4/h6-13H,14,24H2,1-5H3;1H,2H2,(H,3,4). The van der Waals surface area contributed by atoms with Gasteiger partial charge in [-0.1, -0.05) is 18.2 Å². The smallest absolute Gasteiger partial charge is 0.221 e. The second kappa shape index (κ2) is 11.1. The van der Waals surface area contributed by atoms with Crippen LogP contribution in [0.2, 0.25) is 0 Å².